The van der Waals surface area contributed by atoms with E-state index in [0.29, 0.717) is 16.9 Å². The zero-order valence-corrected chi connectivity index (χ0v) is 15.4. The Morgan fingerprint density at radius 1 is 1.22 bits per heavy atom. The number of nitriles is 1. The van der Waals surface area contributed by atoms with Crippen LogP contribution in [0.3, 0.4) is 0 Å². The summed E-state index contributed by atoms with van der Waals surface area (Å²) in [5.41, 5.74) is 1.79. The first-order chi connectivity index (χ1) is 13.1. The summed E-state index contributed by atoms with van der Waals surface area (Å²) in [6, 6.07) is 7.49. The van der Waals surface area contributed by atoms with Crippen LogP contribution in [-0.4, -0.2) is 18.2 Å². The van der Waals surface area contributed by atoms with Gasteiger partial charge in [0.05, 0.1) is 23.3 Å². The first-order valence-electron chi connectivity index (χ1n) is 9.62. The maximum Gasteiger partial charge on any atom is 0.253 e. The predicted octanol–water partition coefficient (Wildman–Crippen LogP) is 2.97. The first-order valence-corrected chi connectivity index (χ1v) is 9.62. The van der Waals surface area contributed by atoms with Crippen LogP contribution < -0.4 is 21.5 Å². The Morgan fingerprint density at radius 2 is 2.00 bits per heavy atom. The van der Waals surface area contributed by atoms with E-state index in [0.717, 1.165) is 56.4 Å². The number of benzene rings is 1. The van der Waals surface area contributed by atoms with E-state index in [1.54, 1.807) is 18.2 Å². The van der Waals surface area contributed by atoms with Crippen LogP contribution in [-0.2, 0) is 11.2 Å². The summed E-state index contributed by atoms with van der Waals surface area (Å²) in [6.45, 7) is 2.75. The third kappa shape index (κ3) is 2.92. The molecule has 2 aliphatic rings. The van der Waals surface area contributed by atoms with Gasteiger partial charge in [-0.15, -0.1) is 0 Å². The fourth-order valence-electron chi connectivity index (χ4n) is 4.47. The number of aryl methyl sites for hydroxylation is 1. The van der Waals surface area contributed by atoms with Gasteiger partial charge in [-0.25, -0.2) is 0 Å². The predicted molar refractivity (Wildman–Crippen MR) is 104 cm³/mol. The Labute approximate surface area is 157 Å². The summed E-state index contributed by atoms with van der Waals surface area (Å²) in [5.74, 6) is 0. The molecule has 1 aliphatic carbocycles. The molecule has 1 heterocycles. The van der Waals surface area contributed by atoms with Crippen LogP contribution in [0.1, 0.15) is 50.2 Å². The van der Waals surface area contributed by atoms with Crippen LogP contribution in [0.25, 0.3) is 0 Å². The molecule has 6 heteroatoms. The van der Waals surface area contributed by atoms with Gasteiger partial charge in [-0.1, -0.05) is 6.92 Å². The number of ether oxygens (including phenoxy) is 1. The number of rotatable bonds is 5. The van der Waals surface area contributed by atoms with Gasteiger partial charge >= 0.3 is 0 Å². The summed E-state index contributed by atoms with van der Waals surface area (Å²) in [6.07, 6.45) is 5.76. The lowest BCUT2D eigenvalue weighted by Gasteiger charge is -2.32. The lowest BCUT2D eigenvalue weighted by atomic mass is 9.93. The number of hydrogen-bond acceptors (Lipinski definition) is 6. The number of nitrogens with zero attached hydrogens (tertiary/aromatic N) is 1. The molecular weight excluding hydrogens is 342 g/mol. The highest BCUT2D eigenvalue weighted by molar-refractivity contribution is 5.80. The molecule has 0 aromatic heterocycles. The molecule has 2 aromatic carbocycles. The molecule has 27 heavy (non-hydrogen) atoms. The molecule has 2 atom stereocenters. The Morgan fingerprint density at radius 3 is 2.70 bits per heavy atom. The van der Waals surface area contributed by atoms with Crippen molar-refractivity contribution in [2.75, 3.05) is 17.2 Å². The lowest BCUT2D eigenvalue weighted by molar-refractivity contribution is 0.00274. The van der Waals surface area contributed by atoms with E-state index < -0.39 is 10.9 Å². The zero-order valence-electron chi connectivity index (χ0n) is 15.4. The highest BCUT2D eigenvalue weighted by Gasteiger charge is 2.47. The molecule has 1 saturated carbocycles. The monoisotopic (exact) mass is 365 g/mol. The van der Waals surface area contributed by atoms with Crippen molar-refractivity contribution in [1.82, 2.24) is 0 Å². The fraction of sp³-hybridized carbons (Fsp3) is 0.476. The molecular formula is C21H23N3O3. The zero-order chi connectivity index (χ0) is 19.0. The lowest BCUT2D eigenvalue weighted by Crippen LogP contribution is -2.46. The molecule has 2 fully saturated rings. The summed E-state index contributed by atoms with van der Waals surface area (Å²) in [5, 5.41) is 15.5. The highest BCUT2D eigenvalue weighted by atomic mass is 16.5. The van der Waals surface area contributed by atoms with E-state index in [1.165, 1.54) is 0 Å². The Hall–Kier alpha value is -2.65. The van der Waals surface area contributed by atoms with Gasteiger partial charge in [-0.2, -0.15) is 5.26 Å². The molecule has 1 aliphatic heterocycles. The van der Waals surface area contributed by atoms with Gasteiger partial charge in [0.2, 0.25) is 0 Å². The van der Waals surface area contributed by atoms with Crippen LogP contribution >= 0.6 is 0 Å². The third-order valence-corrected chi connectivity index (χ3v) is 5.97. The molecule has 2 aromatic rings. The molecule has 0 bridgehead atoms. The Balaban J connectivity index is 1.60. The van der Waals surface area contributed by atoms with E-state index >= 15 is 0 Å². The standard InChI is InChI=1S/C21H23N3O3/c1-2-14-11-13(12-22)6-7-15(14)23-17-18(20(26)19(17)25)24-16-5-3-8-21(16)9-4-10-27-21/h6-7,11,16,23-24H,2-5,8-10H2,1H3/t16-,21-/m1/s1. The van der Waals surface area contributed by atoms with Crippen molar-refractivity contribution in [1.29, 1.82) is 5.26 Å². The minimum absolute atomic E-state index is 0.0652. The summed E-state index contributed by atoms with van der Waals surface area (Å²) in [4.78, 5) is 24.4. The van der Waals surface area contributed by atoms with Gasteiger partial charge in [0.15, 0.2) is 0 Å². The first kappa shape index (κ1) is 17.7. The van der Waals surface area contributed by atoms with Gasteiger partial charge in [-0.3, -0.25) is 9.59 Å². The van der Waals surface area contributed by atoms with E-state index in [4.69, 9.17) is 10.00 Å². The minimum Gasteiger partial charge on any atom is -0.374 e. The number of hydrogen-bond donors (Lipinski definition) is 2. The molecule has 1 saturated heterocycles. The second kappa shape index (κ2) is 6.82. The molecule has 0 unspecified atom stereocenters. The van der Waals surface area contributed by atoms with Crippen LogP contribution in [0, 0.1) is 11.3 Å². The van der Waals surface area contributed by atoms with Gasteiger partial charge in [0.25, 0.3) is 10.9 Å². The van der Waals surface area contributed by atoms with E-state index in [9.17, 15) is 9.59 Å². The average Bonchev–Trinajstić information content (AvgIpc) is 3.34. The maximum absolute atomic E-state index is 12.2. The molecule has 0 radical (unpaired) electrons. The van der Waals surface area contributed by atoms with Crippen LogP contribution in [0.4, 0.5) is 17.1 Å². The molecule has 1 spiro atoms. The van der Waals surface area contributed by atoms with Crippen molar-refractivity contribution in [2.45, 2.75) is 57.1 Å². The second-order valence-electron chi connectivity index (χ2n) is 7.48. The second-order valence-corrected chi connectivity index (χ2v) is 7.48. The van der Waals surface area contributed by atoms with Crippen molar-refractivity contribution in [2.24, 2.45) is 0 Å². The van der Waals surface area contributed by atoms with Crippen molar-refractivity contribution in [3.8, 4) is 6.07 Å². The topological polar surface area (TPSA) is 91.2 Å². The van der Waals surface area contributed by atoms with Gasteiger partial charge in [-0.05, 0) is 62.3 Å². The van der Waals surface area contributed by atoms with Gasteiger partial charge in [0.1, 0.15) is 11.4 Å². The SMILES string of the molecule is CCc1cc(C#N)ccc1Nc1c(N[C@@H]2CCC[C@@]23CCCO3)c(=O)c1=O. The summed E-state index contributed by atoms with van der Waals surface area (Å²) >= 11 is 0. The molecule has 0 amide bonds. The highest BCUT2D eigenvalue weighted by Crippen LogP contribution is 2.42. The van der Waals surface area contributed by atoms with Crippen molar-refractivity contribution in [3.05, 3.63) is 49.8 Å². The van der Waals surface area contributed by atoms with E-state index in [1.807, 2.05) is 6.92 Å². The molecule has 4 rings (SSSR count). The van der Waals surface area contributed by atoms with Crippen molar-refractivity contribution < 1.29 is 4.74 Å². The molecule has 2 N–H and O–H groups in total. The van der Waals surface area contributed by atoms with Crippen LogP contribution in [0.2, 0.25) is 0 Å². The van der Waals surface area contributed by atoms with Gasteiger partial charge in [0, 0.05) is 12.3 Å². The maximum atomic E-state index is 12.2. The largest absolute Gasteiger partial charge is 0.374 e. The van der Waals surface area contributed by atoms with E-state index in [-0.39, 0.29) is 11.6 Å². The van der Waals surface area contributed by atoms with Crippen LogP contribution in [0.5, 0.6) is 0 Å². The Kier molecular flexibility index (Phi) is 4.48. The van der Waals surface area contributed by atoms with E-state index in [2.05, 4.69) is 16.7 Å². The van der Waals surface area contributed by atoms with Crippen molar-refractivity contribution in [3.63, 3.8) is 0 Å². The fourth-order valence-corrected chi connectivity index (χ4v) is 4.47. The van der Waals surface area contributed by atoms with Gasteiger partial charge < -0.3 is 15.4 Å². The summed E-state index contributed by atoms with van der Waals surface area (Å²) < 4.78 is 6.03. The molecule has 6 nitrogen and oxygen atoms in total. The normalized spacial score (nSPS) is 24.4. The minimum atomic E-state index is -0.497. The summed E-state index contributed by atoms with van der Waals surface area (Å²) in [7, 11) is 0. The number of anilines is 3. The van der Waals surface area contributed by atoms with Crippen molar-refractivity contribution >= 4 is 17.1 Å². The number of nitrogens with one attached hydrogen (secondary N) is 2. The molecule has 140 valence electrons. The Bertz CT molecular complexity index is 970. The quantitative estimate of drug-likeness (QED) is 0.792. The smallest absolute Gasteiger partial charge is 0.253 e. The average molecular weight is 365 g/mol. The van der Waals surface area contributed by atoms with Crippen LogP contribution in [0.15, 0.2) is 27.8 Å². The third-order valence-electron chi connectivity index (χ3n) is 5.97.